The van der Waals surface area contributed by atoms with Crippen molar-refractivity contribution in [1.82, 2.24) is 14.4 Å². The third-order valence-electron chi connectivity index (χ3n) is 2.91. The lowest BCUT2D eigenvalue weighted by Gasteiger charge is -2.09. The van der Waals surface area contributed by atoms with Gasteiger partial charge in [0, 0.05) is 41.3 Å². The molecule has 3 aromatic rings. The van der Waals surface area contributed by atoms with Gasteiger partial charge in [-0.3, -0.25) is 4.40 Å². The minimum Gasteiger partial charge on any atom is -0.330 e. The SMILES string of the molecule is FC(F)F.NCCSc1nc(-c2ccc(Cl)cc2Cl)cc2nccn12. The Morgan fingerprint density at radius 2 is 1.92 bits per heavy atom. The first-order valence-corrected chi connectivity index (χ1v) is 8.71. The molecule has 0 radical (unpaired) electrons. The number of hydrogen-bond acceptors (Lipinski definition) is 4. The van der Waals surface area contributed by atoms with Gasteiger partial charge in [-0.25, -0.2) is 9.97 Å². The molecule has 0 aliphatic rings. The van der Waals surface area contributed by atoms with E-state index < -0.39 is 6.68 Å². The van der Waals surface area contributed by atoms with Gasteiger partial charge in [0.25, 0.3) is 0 Å². The fourth-order valence-corrected chi connectivity index (χ4v) is 3.24. The summed E-state index contributed by atoms with van der Waals surface area (Å²) < 4.78 is 30.9. The fraction of sp³-hybridized carbons (Fsp3) is 0.200. The van der Waals surface area contributed by atoms with Crippen LogP contribution in [-0.4, -0.2) is 33.3 Å². The van der Waals surface area contributed by atoms with Gasteiger partial charge >= 0.3 is 6.68 Å². The summed E-state index contributed by atoms with van der Waals surface area (Å²) in [5, 5.41) is 2.01. The molecule has 4 nitrogen and oxygen atoms in total. The van der Waals surface area contributed by atoms with E-state index in [4.69, 9.17) is 28.9 Å². The minimum atomic E-state index is -3.67. The van der Waals surface area contributed by atoms with Gasteiger partial charge in [-0.15, -0.1) is 0 Å². The molecule has 2 heterocycles. The Morgan fingerprint density at radius 1 is 1.20 bits per heavy atom. The third kappa shape index (κ3) is 5.50. The molecule has 0 bridgehead atoms. The first kappa shape index (κ1) is 19.8. The third-order valence-corrected chi connectivity index (χ3v) is 4.45. The number of fused-ring (bicyclic) bond motifs is 1. The highest BCUT2D eigenvalue weighted by Gasteiger charge is 2.11. The van der Waals surface area contributed by atoms with Gasteiger partial charge in [-0.2, -0.15) is 13.2 Å². The maximum absolute atomic E-state index is 9.67. The Labute approximate surface area is 156 Å². The van der Waals surface area contributed by atoms with Crippen molar-refractivity contribution >= 4 is 40.6 Å². The van der Waals surface area contributed by atoms with Crippen LogP contribution in [0, 0.1) is 0 Å². The van der Waals surface area contributed by atoms with E-state index in [0.29, 0.717) is 16.6 Å². The molecule has 2 N–H and O–H groups in total. The number of rotatable bonds is 4. The molecule has 0 atom stereocenters. The highest BCUT2D eigenvalue weighted by atomic mass is 35.5. The van der Waals surface area contributed by atoms with Crippen molar-refractivity contribution in [1.29, 1.82) is 0 Å². The zero-order chi connectivity index (χ0) is 18.4. The first-order valence-electron chi connectivity index (χ1n) is 6.97. The number of nitrogens with zero attached hydrogens (tertiary/aromatic N) is 3. The lowest BCUT2D eigenvalue weighted by atomic mass is 10.1. The van der Waals surface area contributed by atoms with Gasteiger partial charge in [0.05, 0.1) is 10.7 Å². The molecule has 0 amide bonds. The van der Waals surface area contributed by atoms with Gasteiger partial charge < -0.3 is 5.73 Å². The van der Waals surface area contributed by atoms with Crippen molar-refractivity contribution in [3.8, 4) is 11.3 Å². The molecule has 0 spiro atoms. The van der Waals surface area contributed by atoms with Crippen molar-refractivity contribution in [2.45, 2.75) is 11.8 Å². The topological polar surface area (TPSA) is 56.2 Å². The molecule has 0 unspecified atom stereocenters. The van der Waals surface area contributed by atoms with E-state index in [9.17, 15) is 13.2 Å². The van der Waals surface area contributed by atoms with Gasteiger partial charge in [-0.05, 0) is 18.2 Å². The Morgan fingerprint density at radius 3 is 2.56 bits per heavy atom. The molecule has 3 rings (SSSR count). The lowest BCUT2D eigenvalue weighted by molar-refractivity contribution is 0.00819. The van der Waals surface area contributed by atoms with Crippen LogP contribution in [0.1, 0.15) is 0 Å². The van der Waals surface area contributed by atoms with Gasteiger partial charge in [0.1, 0.15) is 5.65 Å². The predicted molar refractivity (Wildman–Crippen MR) is 95.3 cm³/mol. The van der Waals surface area contributed by atoms with Gasteiger partial charge in [0.15, 0.2) is 5.16 Å². The van der Waals surface area contributed by atoms with Gasteiger partial charge in [-0.1, -0.05) is 35.0 Å². The normalized spacial score (nSPS) is 10.8. The molecule has 25 heavy (non-hydrogen) atoms. The van der Waals surface area contributed by atoms with Crippen LogP contribution in [0.15, 0.2) is 41.8 Å². The molecular weight excluding hydrogens is 396 g/mol. The van der Waals surface area contributed by atoms with Crippen molar-refractivity contribution in [2.75, 3.05) is 12.3 Å². The number of hydrogen-bond donors (Lipinski definition) is 1. The summed E-state index contributed by atoms with van der Waals surface area (Å²) in [5.74, 6) is 0.790. The van der Waals surface area contributed by atoms with Crippen LogP contribution in [0.4, 0.5) is 13.2 Å². The Bertz CT molecular complexity index is 842. The average molecular weight is 409 g/mol. The second kappa shape index (κ2) is 9.28. The van der Waals surface area contributed by atoms with Crippen molar-refractivity contribution in [3.05, 3.63) is 46.7 Å². The van der Waals surface area contributed by atoms with E-state index in [-0.39, 0.29) is 0 Å². The van der Waals surface area contributed by atoms with E-state index in [2.05, 4.69) is 9.97 Å². The summed E-state index contributed by atoms with van der Waals surface area (Å²) in [4.78, 5) is 9.00. The first-order chi connectivity index (χ1) is 11.9. The van der Waals surface area contributed by atoms with E-state index in [1.165, 1.54) is 0 Å². The number of thioether (sulfide) groups is 1. The maximum Gasteiger partial charge on any atom is 0.379 e. The summed E-state index contributed by atoms with van der Waals surface area (Å²) in [6.07, 6.45) is 3.63. The molecule has 1 aromatic carbocycles. The molecule has 0 fully saturated rings. The highest BCUT2D eigenvalue weighted by molar-refractivity contribution is 7.99. The van der Waals surface area contributed by atoms with Crippen LogP contribution < -0.4 is 5.73 Å². The van der Waals surface area contributed by atoms with E-state index in [1.807, 2.05) is 22.7 Å². The van der Waals surface area contributed by atoms with E-state index >= 15 is 0 Å². The second-order valence-corrected chi connectivity index (χ2v) is 6.49. The van der Waals surface area contributed by atoms with Crippen LogP contribution in [0.25, 0.3) is 16.9 Å². The van der Waals surface area contributed by atoms with Crippen LogP contribution in [0.5, 0.6) is 0 Å². The standard InChI is InChI=1S/C14H12Cl2N4S.CHF3/c15-9-1-2-10(11(16)7-9)12-8-13-18-4-5-20(13)14(19-12)21-6-3-17;2-1(3)4/h1-2,4-5,7-8H,3,6,17H2;1H. The summed E-state index contributed by atoms with van der Waals surface area (Å²) >= 11 is 13.8. The zero-order valence-electron chi connectivity index (χ0n) is 12.7. The number of alkyl halides is 3. The predicted octanol–water partition coefficient (Wildman–Crippen LogP) is 4.93. The maximum atomic E-state index is 9.67. The Balaban J connectivity index is 0.000000511. The lowest BCUT2D eigenvalue weighted by Crippen LogP contribution is -2.04. The van der Waals surface area contributed by atoms with Crippen molar-refractivity contribution < 1.29 is 13.2 Å². The highest BCUT2D eigenvalue weighted by Crippen LogP contribution is 2.31. The number of imidazole rings is 1. The van der Waals surface area contributed by atoms with Crippen LogP contribution in [0.3, 0.4) is 0 Å². The molecule has 10 heteroatoms. The molecule has 0 saturated carbocycles. The minimum absolute atomic E-state index is 0.570. The quantitative estimate of drug-likeness (QED) is 0.490. The van der Waals surface area contributed by atoms with E-state index in [1.54, 1.807) is 30.1 Å². The molecule has 0 aliphatic heterocycles. The molecule has 134 valence electrons. The average Bonchev–Trinajstić information content (AvgIpc) is 3.00. The number of benzene rings is 1. The van der Waals surface area contributed by atoms with Crippen LogP contribution in [-0.2, 0) is 0 Å². The molecular formula is C15H13Cl2F3N4S. The smallest absolute Gasteiger partial charge is 0.330 e. The summed E-state index contributed by atoms with van der Waals surface area (Å²) in [5.41, 5.74) is 8.01. The molecule has 2 aromatic heterocycles. The number of halogens is 5. The van der Waals surface area contributed by atoms with Crippen LogP contribution in [0.2, 0.25) is 10.0 Å². The summed E-state index contributed by atoms with van der Waals surface area (Å²) in [6.45, 7) is -3.07. The number of nitrogens with two attached hydrogens (primary N) is 1. The number of aromatic nitrogens is 3. The fourth-order valence-electron chi connectivity index (χ4n) is 1.98. The van der Waals surface area contributed by atoms with Gasteiger partial charge in [0.2, 0.25) is 0 Å². The van der Waals surface area contributed by atoms with Crippen molar-refractivity contribution in [2.24, 2.45) is 5.73 Å². The van der Waals surface area contributed by atoms with Crippen molar-refractivity contribution in [3.63, 3.8) is 0 Å². The Kier molecular flexibility index (Phi) is 7.37. The van der Waals surface area contributed by atoms with Crippen LogP contribution >= 0.6 is 35.0 Å². The Hall–Kier alpha value is -1.48. The van der Waals surface area contributed by atoms with E-state index in [0.717, 1.165) is 27.8 Å². The summed E-state index contributed by atoms with van der Waals surface area (Å²) in [7, 11) is 0. The molecule has 0 saturated heterocycles. The second-order valence-electron chi connectivity index (χ2n) is 4.59. The monoisotopic (exact) mass is 408 g/mol. The summed E-state index contributed by atoms with van der Waals surface area (Å²) in [6, 6.07) is 7.28. The molecule has 0 aliphatic carbocycles. The largest absolute Gasteiger partial charge is 0.379 e. The zero-order valence-corrected chi connectivity index (χ0v) is 15.0.